The van der Waals surface area contributed by atoms with Crippen LogP contribution in [0, 0.1) is 17.2 Å². The molecule has 3 rings (SSSR count). The minimum Gasteiger partial charge on any atom is -0.385 e. The number of benzene rings is 2. The van der Waals surface area contributed by atoms with Crippen LogP contribution in [-0.2, 0) is 10.0 Å². The zero-order valence-corrected chi connectivity index (χ0v) is 20.5. The Morgan fingerprint density at radius 3 is 2.31 bits per heavy atom. The highest BCUT2D eigenvalue weighted by atomic mass is 35.5. The van der Waals surface area contributed by atoms with Gasteiger partial charge in [0.1, 0.15) is 0 Å². The Morgan fingerprint density at radius 2 is 1.75 bits per heavy atom. The van der Waals surface area contributed by atoms with Gasteiger partial charge in [-0.25, -0.2) is 13.1 Å². The van der Waals surface area contributed by atoms with Crippen molar-refractivity contribution in [2.75, 3.05) is 11.9 Å². The van der Waals surface area contributed by atoms with E-state index in [2.05, 4.69) is 16.1 Å². The van der Waals surface area contributed by atoms with Gasteiger partial charge in [-0.05, 0) is 75.6 Å². The summed E-state index contributed by atoms with van der Waals surface area (Å²) in [6.45, 7) is 5.98. The number of anilines is 1. The molecule has 0 heterocycles. The van der Waals surface area contributed by atoms with E-state index in [1.165, 1.54) is 0 Å². The van der Waals surface area contributed by atoms with Gasteiger partial charge in [0, 0.05) is 23.3 Å². The van der Waals surface area contributed by atoms with E-state index in [-0.39, 0.29) is 6.04 Å². The summed E-state index contributed by atoms with van der Waals surface area (Å²) in [6, 6.07) is 17.8. The maximum Gasteiger partial charge on any atom is 0.216 e. The van der Waals surface area contributed by atoms with Gasteiger partial charge >= 0.3 is 0 Å². The van der Waals surface area contributed by atoms with Crippen LogP contribution in [0.25, 0.3) is 0 Å². The molecule has 5 nitrogen and oxygen atoms in total. The first-order valence-electron chi connectivity index (χ1n) is 11.1. The van der Waals surface area contributed by atoms with E-state index in [1.54, 1.807) is 20.8 Å². The van der Waals surface area contributed by atoms with Crippen molar-refractivity contribution in [3.05, 3.63) is 64.7 Å². The Kier molecular flexibility index (Phi) is 7.87. The van der Waals surface area contributed by atoms with E-state index in [9.17, 15) is 13.7 Å². The van der Waals surface area contributed by atoms with Crippen LogP contribution in [0.4, 0.5) is 5.69 Å². The van der Waals surface area contributed by atoms with Gasteiger partial charge in [0.05, 0.1) is 16.7 Å². The third kappa shape index (κ3) is 6.04. The van der Waals surface area contributed by atoms with E-state index in [0.717, 1.165) is 49.0 Å². The number of nitrogens with one attached hydrogen (secondary N) is 2. The fourth-order valence-corrected chi connectivity index (χ4v) is 5.30. The molecule has 1 saturated carbocycles. The lowest BCUT2D eigenvalue weighted by atomic mass is 9.86. The summed E-state index contributed by atoms with van der Waals surface area (Å²) in [5.41, 5.74) is 2.66. The second kappa shape index (κ2) is 10.2. The van der Waals surface area contributed by atoms with Crippen LogP contribution >= 0.6 is 11.6 Å². The summed E-state index contributed by atoms with van der Waals surface area (Å²) in [5.74, 6) is 0.0879. The maximum atomic E-state index is 12.4. The third-order valence-corrected chi connectivity index (χ3v) is 8.73. The Balaban J connectivity index is 1.54. The molecule has 1 unspecified atom stereocenters. The van der Waals surface area contributed by atoms with Gasteiger partial charge in [0.15, 0.2) is 0 Å². The van der Waals surface area contributed by atoms with Gasteiger partial charge in [-0.1, -0.05) is 48.0 Å². The average molecular weight is 474 g/mol. The summed E-state index contributed by atoms with van der Waals surface area (Å²) >= 11 is 6.54. The van der Waals surface area contributed by atoms with Crippen LogP contribution in [-0.4, -0.2) is 25.8 Å². The molecule has 0 radical (unpaired) electrons. The Bertz CT molecular complexity index is 1050. The number of rotatable bonds is 7. The molecule has 0 aromatic heterocycles. The molecule has 2 N–H and O–H groups in total. The molecular formula is C25H32ClN3O2S. The van der Waals surface area contributed by atoms with Gasteiger partial charge < -0.3 is 5.32 Å². The van der Waals surface area contributed by atoms with Crippen LogP contribution in [0.3, 0.4) is 0 Å². The van der Waals surface area contributed by atoms with Crippen molar-refractivity contribution in [2.24, 2.45) is 5.92 Å². The molecule has 7 heteroatoms. The molecule has 1 aliphatic rings. The largest absolute Gasteiger partial charge is 0.385 e. The van der Waals surface area contributed by atoms with Crippen LogP contribution in [0.5, 0.6) is 0 Å². The van der Waals surface area contributed by atoms with Gasteiger partial charge in [0.2, 0.25) is 10.0 Å². The molecule has 32 heavy (non-hydrogen) atoms. The summed E-state index contributed by atoms with van der Waals surface area (Å²) in [5, 5.41) is 13.7. The van der Waals surface area contributed by atoms with Crippen molar-refractivity contribution in [1.29, 1.82) is 5.26 Å². The topological polar surface area (TPSA) is 82.0 Å². The van der Waals surface area contributed by atoms with E-state index in [1.807, 2.05) is 48.5 Å². The number of sulfonamides is 1. The molecule has 1 fully saturated rings. The summed E-state index contributed by atoms with van der Waals surface area (Å²) < 4.78 is 26.8. The predicted octanol–water partition coefficient (Wildman–Crippen LogP) is 5.68. The molecule has 0 amide bonds. The number of halogens is 1. The van der Waals surface area contributed by atoms with Crippen molar-refractivity contribution in [3.63, 3.8) is 0 Å². The van der Waals surface area contributed by atoms with Crippen LogP contribution in [0.15, 0.2) is 48.5 Å². The maximum absolute atomic E-state index is 12.4. The third-order valence-electron chi connectivity index (χ3n) is 6.14. The van der Waals surface area contributed by atoms with Gasteiger partial charge in [-0.2, -0.15) is 5.26 Å². The van der Waals surface area contributed by atoms with E-state index >= 15 is 0 Å². The zero-order valence-electron chi connectivity index (χ0n) is 18.9. The fourth-order valence-electron chi connectivity index (χ4n) is 3.98. The fraction of sp³-hybridized carbons (Fsp3) is 0.480. The van der Waals surface area contributed by atoms with E-state index < -0.39 is 20.7 Å². The molecular weight excluding hydrogens is 442 g/mol. The summed E-state index contributed by atoms with van der Waals surface area (Å²) in [4.78, 5) is 0. The first-order chi connectivity index (χ1) is 15.1. The molecule has 0 aliphatic heterocycles. The number of hydrogen-bond acceptors (Lipinski definition) is 4. The molecule has 172 valence electrons. The summed E-state index contributed by atoms with van der Waals surface area (Å²) in [6.07, 6.45) is 3.64. The van der Waals surface area contributed by atoms with Crippen LogP contribution < -0.4 is 10.0 Å². The van der Waals surface area contributed by atoms with Crippen LogP contribution in [0.2, 0.25) is 5.02 Å². The number of nitriles is 1. The smallest absolute Gasteiger partial charge is 0.216 e. The predicted molar refractivity (Wildman–Crippen MR) is 131 cm³/mol. The summed E-state index contributed by atoms with van der Waals surface area (Å²) in [7, 11) is -3.31. The lowest BCUT2D eigenvalue weighted by Crippen LogP contribution is -2.46. The van der Waals surface area contributed by atoms with Gasteiger partial charge in [-0.3, -0.25) is 0 Å². The minimum absolute atomic E-state index is 0.0186. The first kappa shape index (κ1) is 24.6. The molecule has 2 aromatic carbocycles. The van der Waals surface area contributed by atoms with Crippen molar-refractivity contribution in [2.45, 2.75) is 63.2 Å². The second-order valence-corrected chi connectivity index (χ2v) is 12.4. The standard InChI is InChI=1S/C25H32ClN3O2S/c1-25(2,3)32(30,31)29-20-11-9-18(10-12-20)17-28-21-13-14-22(24(26)15-21)23(16-27)19-7-5-4-6-8-19/h4-8,13-15,18,20,23,28-29H,9-12,17H2,1-3H3/t18-,20-,23?. The zero-order chi connectivity index (χ0) is 23.4. The number of nitrogens with zero attached hydrogens (tertiary/aromatic N) is 1. The second-order valence-electron chi connectivity index (χ2n) is 9.54. The van der Waals surface area contributed by atoms with E-state index in [0.29, 0.717) is 10.9 Å². The number of hydrogen-bond donors (Lipinski definition) is 2. The monoisotopic (exact) mass is 473 g/mol. The molecule has 0 bridgehead atoms. The molecule has 2 aromatic rings. The first-order valence-corrected chi connectivity index (χ1v) is 13.0. The van der Waals surface area contributed by atoms with Crippen molar-refractivity contribution in [3.8, 4) is 6.07 Å². The van der Waals surface area contributed by atoms with Crippen molar-refractivity contribution in [1.82, 2.24) is 4.72 Å². The van der Waals surface area contributed by atoms with E-state index in [4.69, 9.17) is 11.6 Å². The SMILES string of the molecule is CC(C)(C)S(=O)(=O)N[C@H]1CC[C@H](CNc2ccc(C(C#N)c3ccccc3)c(Cl)c2)CC1. The average Bonchev–Trinajstić information content (AvgIpc) is 2.75. The highest BCUT2D eigenvalue weighted by Gasteiger charge is 2.32. The lowest BCUT2D eigenvalue weighted by molar-refractivity contribution is 0.322. The molecule has 1 atom stereocenters. The molecule has 0 saturated heterocycles. The minimum atomic E-state index is -3.31. The van der Waals surface area contributed by atoms with Gasteiger partial charge in [-0.15, -0.1) is 0 Å². The van der Waals surface area contributed by atoms with Crippen LogP contribution in [0.1, 0.15) is 63.5 Å². The lowest BCUT2D eigenvalue weighted by Gasteiger charge is -2.31. The highest BCUT2D eigenvalue weighted by Crippen LogP contribution is 2.32. The van der Waals surface area contributed by atoms with Gasteiger partial charge in [0.25, 0.3) is 0 Å². The Labute approximate surface area is 197 Å². The Morgan fingerprint density at radius 1 is 1.09 bits per heavy atom. The normalized spacial score (nSPS) is 20.3. The van der Waals surface area contributed by atoms with Crippen molar-refractivity contribution < 1.29 is 8.42 Å². The Hall–Kier alpha value is -2.07. The molecule has 1 aliphatic carbocycles. The highest BCUT2D eigenvalue weighted by molar-refractivity contribution is 7.90. The molecule has 0 spiro atoms. The quantitative estimate of drug-likeness (QED) is 0.541. The van der Waals surface area contributed by atoms with Crippen molar-refractivity contribution >= 4 is 27.3 Å².